The van der Waals surface area contributed by atoms with E-state index in [0.717, 1.165) is 0 Å². The molecule has 1 aliphatic heterocycles. The second-order valence-electron chi connectivity index (χ2n) is 6.17. The number of aromatic nitrogens is 3. The second-order valence-corrected chi connectivity index (χ2v) is 6.17. The topological polar surface area (TPSA) is 74.5 Å². The SMILES string of the molecule is Oc1ccn2c(-c3nc(N[C@@H]4CNCC[C@H]4F)c(F)cc3F)cnc2c1. The molecule has 3 aromatic rings. The van der Waals surface area contributed by atoms with E-state index in [4.69, 9.17) is 0 Å². The van der Waals surface area contributed by atoms with Crippen LogP contribution in [0, 0.1) is 11.6 Å². The lowest BCUT2D eigenvalue weighted by Gasteiger charge is -2.28. The Morgan fingerprint density at radius 3 is 2.92 bits per heavy atom. The van der Waals surface area contributed by atoms with Crippen LogP contribution in [0.25, 0.3) is 17.0 Å². The first kappa shape index (κ1) is 16.6. The molecule has 3 N–H and O–H groups in total. The lowest BCUT2D eigenvalue weighted by molar-refractivity contribution is 0.240. The molecule has 0 saturated carbocycles. The van der Waals surface area contributed by atoms with Crippen molar-refractivity contribution in [1.29, 1.82) is 0 Å². The van der Waals surface area contributed by atoms with Gasteiger partial charge in [-0.3, -0.25) is 4.40 Å². The van der Waals surface area contributed by atoms with Crippen molar-refractivity contribution in [1.82, 2.24) is 19.7 Å². The molecule has 0 bridgehead atoms. The number of rotatable bonds is 3. The predicted molar refractivity (Wildman–Crippen MR) is 89.8 cm³/mol. The summed E-state index contributed by atoms with van der Waals surface area (Å²) in [6.07, 6.45) is 2.05. The van der Waals surface area contributed by atoms with Gasteiger partial charge < -0.3 is 15.7 Å². The molecule has 0 aliphatic carbocycles. The summed E-state index contributed by atoms with van der Waals surface area (Å²) in [7, 11) is 0. The quantitative estimate of drug-likeness (QED) is 0.667. The molecule has 136 valence electrons. The van der Waals surface area contributed by atoms with Gasteiger partial charge in [0.1, 0.15) is 23.3 Å². The molecule has 1 fully saturated rings. The van der Waals surface area contributed by atoms with E-state index in [9.17, 15) is 18.3 Å². The normalized spacial score (nSPS) is 20.4. The Morgan fingerprint density at radius 2 is 2.12 bits per heavy atom. The zero-order chi connectivity index (χ0) is 18.3. The van der Waals surface area contributed by atoms with Gasteiger partial charge in [-0.05, 0) is 19.0 Å². The molecule has 3 aromatic heterocycles. The number of nitrogens with zero attached hydrogens (tertiary/aromatic N) is 3. The van der Waals surface area contributed by atoms with E-state index in [-0.39, 0.29) is 17.3 Å². The van der Waals surface area contributed by atoms with Crippen molar-refractivity contribution in [3.05, 3.63) is 42.2 Å². The Morgan fingerprint density at radius 1 is 1.27 bits per heavy atom. The van der Waals surface area contributed by atoms with Gasteiger partial charge in [0.15, 0.2) is 17.5 Å². The van der Waals surface area contributed by atoms with Gasteiger partial charge in [0, 0.05) is 24.9 Å². The van der Waals surface area contributed by atoms with Gasteiger partial charge >= 0.3 is 0 Å². The number of fused-ring (bicyclic) bond motifs is 1. The summed E-state index contributed by atoms with van der Waals surface area (Å²) in [6, 6.07) is 2.89. The Bertz CT molecular complexity index is 961. The standard InChI is InChI=1S/C17H16F3N5O/c18-10-1-3-21-7-13(10)23-17-12(20)6-11(19)16(24-17)14-8-22-15-5-9(26)2-4-25(14)15/h2,4-6,8,10,13,21,26H,1,3,7H2,(H,23,24)/t10-,13-/m1/s1. The average Bonchev–Trinajstić information content (AvgIpc) is 3.02. The molecule has 2 atom stereocenters. The van der Waals surface area contributed by atoms with Gasteiger partial charge in [-0.1, -0.05) is 0 Å². The van der Waals surface area contributed by atoms with Crippen molar-refractivity contribution in [2.45, 2.75) is 18.6 Å². The Kier molecular flexibility index (Phi) is 4.15. The number of anilines is 1. The van der Waals surface area contributed by atoms with E-state index in [2.05, 4.69) is 20.6 Å². The maximum Gasteiger partial charge on any atom is 0.168 e. The fourth-order valence-corrected chi connectivity index (χ4v) is 3.04. The number of pyridine rings is 2. The average molecular weight is 363 g/mol. The highest BCUT2D eigenvalue weighted by atomic mass is 19.1. The molecule has 4 heterocycles. The van der Waals surface area contributed by atoms with Crippen LogP contribution in [0.2, 0.25) is 0 Å². The minimum Gasteiger partial charge on any atom is -0.508 e. The molecule has 0 radical (unpaired) electrons. The van der Waals surface area contributed by atoms with Crippen LogP contribution < -0.4 is 10.6 Å². The van der Waals surface area contributed by atoms with Crippen LogP contribution in [0.15, 0.2) is 30.6 Å². The Hall–Kier alpha value is -2.81. The summed E-state index contributed by atoms with van der Waals surface area (Å²) < 4.78 is 44.0. The van der Waals surface area contributed by atoms with Crippen molar-refractivity contribution in [2.75, 3.05) is 18.4 Å². The summed E-state index contributed by atoms with van der Waals surface area (Å²) in [5, 5.41) is 15.3. The third kappa shape index (κ3) is 2.94. The first-order valence-electron chi connectivity index (χ1n) is 8.17. The maximum absolute atomic E-state index is 14.3. The fraction of sp³-hybridized carbons (Fsp3) is 0.294. The smallest absolute Gasteiger partial charge is 0.168 e. The molecule has 26 heavy (non-hydrogen) atoms. The van der Waals surface area contributed by atoms with Crippen LogP contribution >= 0.6 is 0 Å². The monoisotopic (exact) mass is 363 g/mol. The van der Waals surface area contributed by atoms with E-state index in [1.54, 1.807) is 0 Å². The highest BCUT2D eigenvalue weighted by molar-refractivity contribution is 5.63. The van der Waals surface area contributed by atoms with Crippen LogP contribution in [0.3, 0.4) is 0 Å². The first-order valence-corrected chi connectivity index (χ1v) is 8.17. The van der Waals surface area contributed by atoms with Crippen molar-refractivity contribution >= 4 is 11.5 Å². The number of imidazole rings is 1. The van der Waals surface area contributed by atoms with E-state index in [1.807, 2.05) is 0 Å². The van der Waals surface area contributed by atoms with Crippen LogP contribution in [0.5, 0.6) is 5.75 Å². The maximum atomic E-state index is 14.3. The van der Waals surface area contributed by atoms with Gasteiger partial charge in [0.05, 0.1) is 17.9 Å². The molecule has 0 unspecified atom stereocenters. The zero-order valence-electron chi connectivity index (χ0n) is 13.6. The number of nitrogens with one attached hydrogen (secondary N) is 2. The molecule has 9 heteroatoms. The number of aromatic hydroxyl groups is 1. The highest BCUT2D eigenvalue weighted by Crippen LogP contribution is 2.27. The first-order chi connectivity index (χ1) is 12.5. The van der Waals surface area contributed by atoms with E-state index < -0.39 is 23.8 Å². The zero-order valence-corrected chi connectivity index (χ0v) is 13.6. The van der Waals surface area contributed by atoms with E-state index in [1.165, 1.54) is 28.9 Å². The number of hydrogen-bond acceptors (Lipinski definition) is 5. The minimum absolute atomic E-state index is 0.0170. The van der Waals surface area contributed by atoms with Gasteiger partial charge in [0.2, 0.25) is 0 Å². The molecule has 6 nitrogen and oxygen atoms in total. The number of hydrogen-bond donors (Lipinski definition) is 3. The van der Waals surface area contributed by atoms with Crippen molar-refractivity contribution in [2.24, 2.45) is 0 Å². The summed E-state index contributed by atoms with van der Waals surface area (Å²) in [5.41, 5.74) is 0.561. The van der Waals surface area contributed by atoms with E-state index >= 15 is 0 Å². The number of piperidine rings is 1. The number of alkyl halides is 1. The molecule has 0 amide bonds. The van der Waals surface area contributed by atoms with Crippen LogP contribution in [0.4, 0.5) is 19.0 Å². The fourth-order valence-electron chi connectivity index (χ4n) is 3.04. The Labute approximate surface area is 146 Å². The third-order valence-electron chi connectivity index (χ3n) is 4.39. The summed E-state index contributed by atoms with van der Waals surface area (Å²) in [4.78, 5) is 8.13. The van der Waals surface area contributed by atoms with E-state index in [0.29, 0.717) is 36.9 Å². The van der Waals surface area contributed by atoms with Gasteiger partial charge in [0.25, 0.3) is 0 Å². The summed E-state index contributed by atoms with van der Waals surface area (Å²) in [5.74, 6) is -1.95. The molecular weight excluding hydrogens is 347 g/mol. The lowest BCUT2D eigenvalue weighted by atomic mass is 10.1. The molecule has 0 spiro atoms. The summed E-state index contributed by atoms with van der Waals surface area (Å²) >= 11 is 0. The highest BCUT2D eigenvalue weighted by Gasteiger charge is 2.26. The van der Waals surface area contributed by atoms with Crippen LogP contribution in [-0.4, -0.2) is 44.8 Å². The summed E-state index contributed by atoms with van der Waals surface area (Å²) in [6.45, 7) is 0.877. The van der Waals surface area contributed by atoms with Crippen LogP contribution in [-0.2, 0) is 0 Å². The predicted octanol–water partition coefficient (Wildman–Crippen LogP) is 2.49. The lowest BCUT2D eigenvalue weighted by Crippen LogP contribution is -2.46. The largest absolute Gasteiger partial charge is 0.508 e. The van der Waals surface area contributed by atoms with Crippen molar-refractivity contribution < 1.29 is 18.3 Å². The third-order valence-corrected chi connectivity index (χ3v) is 4.39. The molecule has 0 aromatic carbocycles. The van der Waals surface area contributed by atoms with Crippen molar-refractivity contribution in [3.63, 3.8) is 0 Å². The van der Waals surface area contributed by atoms with Crippen molar-refractivity contribution in [3.8, 4) is 17.1 Å². The van der Waals surface area contributed by atoms with Gasteiger partial charge in [-0.25, -0.2) is 23.1 Å². The second kappa shape index (κ2) is 6.49. The van der Waals surface area contributed by atoms with Crippen LogP contribution in [0.1, 0.15) is 6.42 Å². The molecule has 1 saturated heterocycles. The van der Waals surface area contributed by atoms with Gasteiger partial charge in [-0.2, -0.15) is 0 Å². The Balaban J connectivity index is 1.74. The molecule has 1 aliphatic rings. The molecular formula is C17H16F3N5O. The molecule has 4 rings (SSSR count). The minimum atomic E-state index is -1.15. The number of halogens is 3. The van der Waals surface area contributed by atoms with Gasteiger partial charge in [-0.15, -0.1) is 0 Å².